The Morgan fingerprint density at radius 1 is 1.06 bits per heavy atom. The number of thiol groups is 1. The summed E-state index contributed by atoms with van der Waals surface area (Å²) in [6, 6.07) is 3.47. The fraction of sp³-hybridized carbons (Fsp3) is 0.300. The molecule has 0 spiro atoms. The molecule has 7 nitrogen and oxygen atoms in total. The summed E-state index contributed by atoms with van der Waals surface area (Å²) in [6.07, 6.45) is 0. The van der Waals surface area contributed by atoms with Gasteiger partial charge in [-0.15, -0.1) is 17.7 Å². The maximum absolute atomic E-state index is 5.25. The first-order valence-electron chi connectivity index (χ1n) is 4.99. The van der Waals surface area contributed by atoms with Crippen LogP contribution in [0.15, 0.2) is 17.3 Å². The lowest BCUT2D eigenvalue weighted by Crippen LogP contribution is -2.01. The fourth-order valence-corrected chi connectivity index (χ4v) is 1.73. The Balaban J connectivity index is 2.60. The second-order valence-electron chi connectivity index (χ2n) is 3.27. The number of nitrogens with zero attached hydrogens (tertiary/aromatic N) is 4. The van der Waals surface area contributed by atoms with E-state index < -0.39 is 0 Å². The summed E-state index contributed by atoms with van der Waals surface area (Å²) in [5.41, 5.74) is 0.666. The molecule has 18 heavy (non-hydrogen) atoms. The van der Waals surface area contributed by atoms with Gasteiger partial charge in [0.05, 0.1) is 27.0 Å². The third-order valence-electron chi connectivity index (χ3n) is 2.35. The molecule has 0 fully saturated rings. The summed E-state index contributed by atoms with van der Waals surface area (Å²) in [5, 5.41) is 11.4. The predicted octanol–water partition coefficient (Wildman–Crippen LogP) is 0.977. The van der Waals surface area contributed by atoms with E-state index in [9.17, 15) is 0 Å². The van der Waals surface area contributed by atoms with E-state index in [1.165, 1.54) is 4.68 Å². The summed E-state index contributed by atoms with van der Waals surface area (Å²) in [4.78, 5) is 0. The smallest absolute Gasteiger partial charge is 0.211 e. The molecule has 0 aliphatic rings. The van der Waals surface area contributed by atoms with Crippen LogP contribution < -0.4 is 14.2 Å². The maximum Gasteiger partial charge on any atom is 0.211 e. The fourth-order valence-electron chi connectivity index (χ4n) is 1.54. The lowest BCUT2D eigenvalue weighted by atomic mass is 10.2. The highest BCUT2D eigenvalue weighted by atomic mass is 32.1. The molecule has 0 N–H and O–H groups in total. The Morgan fingerprint density at radius 3 is 2.06 bits per heavy atom. The number of ether oxygens (including phenoxy) is 3. The molecule has 1 heterocycles. The molecule has 2 rings (SSSR count). The van der Waals surface area contributed by atoms with E-state index in [2.05, 4.69) is 28.2 Å². The summed E-state index contributed by atoms with van der Waals surface area (Å²) in [6.45, 7) is 0. The molecule has 0 saturated heterocycles. The topological polar surface area (TPSA) is 71.3 Å². The molecule has 0 radical (unpaired) electrons. The van der Waals surface area contributed by atoms with E-state index in [-0.39, 0.29) is 0 Å². The minimum Gasteiger partial charge on any atom is -0.493 e. The normalized spacial score (nSPS) is 10.2. The van der Waals surface area contributed by atoms with Gasteiger partial charge < -0.3 is 14.2 Å². The van der Waals surface area contributed by atoms with Gasteiger partial charge >= 0.3 is 0 Å². The van der Waals surface area contributed by atoms with Crippen molar-refractivity contribution in [2.75, 3.05) is 21.3 Å². The summed E-state index contributed by atoms with van der Waals surface area (Å²) in [5.74, 6) is 1.56. The van der Waals surface area contributed by atoms with E-state index >= 15 is 0 Å². The summed E-state index contributed by atoms with van der Waals surface area (Å²) in [7, 11) is 4.63. The maximum atomic E-state index is 5.25. The van der Waals surface area contributed by atoms with Gasteiger partial charge in [-0.1, -0.05) is 0 Å². The van der Waals surface area contributed by atoms with Crippen LogP contribution in [-0.2, 0) is 0 Å². The monoisotopic (exact) mass is 268 g/mol. The molecular weight excluding hydrogens is 256 g/mol. The van der Waals surface area contributed by atoms with Crippen molar-refractivity contribution in [3.05, 3.63) is 12.1 Å². The van der Waals surface area contributed by atoms with Crippen molar-refractivity contribution in [2.45, 2.75) is 5.16 Å². The van der Waals surface area contributed by atoms with Gasteiger partial charge in [0.15, 0.2) is 11.5 Å². The van der Waals surface area contributed by atoms with Crippen LogP contribution in [0.5, 0.6) is 17.2 Å². The van der Waals surface area contributed by atoms with Crippen molar-refractivity contribution in [2.24, 2.45) is 0 Å². The number of rotatable bonds is 4. The molecule has 0 saturated carbocycles. The lowest BCUT2D eigenvalue weighted by Gasteiger charge is -2.13. The van der Waals surface area contributed by atoms with Crippen LogP contribution in [0.3, 0.4) is 0 Å². The van der Waals surface area contributed by atoms with Gasteiger partial charge in [-0.2, -0.15) is 4.68 Å². The molecule has 0 aliphatic heterocycles. The van der Waals surface area contributed by atoms with Gasteiger partial charge in [0.25, 0.3) is 0 Å². The van der Waals surface area contributed by atoms with Crippen LogP contribution in [0, 0.1) is 0 Å². The van der Waals surface area contributed by atoms with E-state index in [1.54, 1.807) is 33.5 Å². The Bertz CT molecular complexity index is 533. The Labute approximate surface area is 109 Å². The average molecular weight is 268 g/mol. The Hall–Kier alpha value is -1.96. The van der Waals surface area contributed by atoms with Crippen molar-refractivity contribution >= 4 is 12.6 Å². The van der Waals surface area contributed by atoms with Crippen LogP contribution >= 0.6 is 12.6 Å². The average Bonchev–Trinajstić information content (AvgIpc) is 2.83. The van der Waals surface area contributed by atoms with Gasteiger partial charge in [-0.05, 0) is 10.4 Å². The van der Waals surface area contributed by atoms with Crippen LogP contribution in [0.4, 0.5) is 0 Å². The minimum absolute atomic E-state index is 0.365. The van der Waals surface area contributed by atoms with Crippen molar-refractivity contribution in [3.8, 4) is 22.9 Å². The third kappa shape index (κ3) is 2.06. The van der Waals surface area contributed by atoms with E-state index in [1.807, 2.05) is 0 Å². The molecule has 0 unspecified atom stereocenters. The van der Waals surface area contributed by atoms with Gasteiger partial charge in [0.2, 0.25) is 10.9 Å². The number of methoxy groups -OCH3 is 3. The standard InChI is InChI=1S/C10H12N4O3S/c1-15-7-4-6(14-10(18)11-12-13-14)5-8(16-2)9(7)17-3/h4-5H,1-3H3,(H,11,13,18). The zero-order chi connectivity index (χ0) is 13.1. The number of benzene rings is 1. The second kappa shape index (κ2) is 5.13. The number of tetrazole rings is 1. The SMILES string of the molecule is COc1cc(-n2nnnc2S)cc(OC)c1OC. The van der Waals surface area contributed by atoms with E-state index in [0.29, 0.717) is 28.1 Å². The van der Waals surface area contributed by atoms with Crippen molar-refractivity contribution in [1.29, 1.82) is 0 Å². The number of hydrogen-bond acceptors (Lipinski definition) is 7. The highest BCUT2D eigenvalue weighted by Gasteiger charge is 2.15. The molecule has 1 aromatic carbocycles. The molecule has 0 aliphatic carbocycles. The van der Waals surface area contributed by atoms with Crippen LogP contribution in [0.2, 0.25) is 0 Å². The van der Waals surface area contributed by atoms with Crippen LogP contribution in [0.1, 0.15) is 0 Å². The molecule has 96 valence electrons. The molecule has 0 atom stereocenters. The van der Waals surface area contributed by atoms with E-state index in [4.69, 9.17) is 14.2 Å². The first-order valence-corrected chi connectivity index (χ1v) is 5.43. The Morgan fingerprint density at radius 2 is 1.67 bits per heavy atom. The summed E-state index contributed by atoms with van der Waals surface area (Å²) < 4.78 is 17.2. The van der Waals surface area contributed by atoms with Crippen LogP contribution in [-0.4, -0.2) is 41.5 Å². The van der Waals surface area contributed by atoms with Crippen molar-refractivity contribution < 1.29 is 14.2 Å². The largest absolute Gasteiger partial charge is 0.493 e. The van der Waals surface area contributed by atoms with Gasteiger partial charge in [0, 0.05) is 12.1 Å². The van der Waals surface area contributed by atoms with Crippen molar-refractivity contribution in [3.63, 3.8) is 0 Å². The molecule has 0 amide bonds. The number of hydrogen-bond donors (Lipinski definition) is 1. The Kier molecular flexibility index (Phi) is 3.56. The molecule has 1 aromatic heterocycles. The zero-order valence-corrected chi connectivity index (χ0v) is 11.0. The van der Waals surface area contributed by atoms with Gasteiger partial charge in [-0.3, -0.25) is 0 Å². The first-order chi connectivity index (χ1) is 8.71. The minimum atomic E-state index is 0.365. The van der Waals surface area contributed by atoms with Crippen LogP contribution in [0.25, 0.3) is 5.69 Å². The molecular formula is C10H12N4O3S. The molecule has 8 heteroatoms. The van der Waals surface area contributed by atoms with Gasteiger partial charge in [-0.25, -0.2) is 0 Å². The molecule has 0 bridgehead atoms. The number of aromatic nitrogens is 4. The van der Waals surface area contributed by atoms with Gasteiger partial charge in [0.1, 0.15) is 0 Å². The third-order valence-corrected chi connectivity index (χ3v) is 2.63. The predicted molar refractivity (Wildman–Crippen MR) is 66.1 cm³/mol. The van der Waals surface area contributed by atoms with E-state index in [0.717, 1.165) is 0 Å². The second-order valence-corrected chi connectivity index (χ2v) is 3.67. The quantitative estimate of drug-likeness (QED) is 0.833. The zero-order valence-electron chi connectivity index (χ0n) is 10.1. The van der Waals surface area contributed by atoms with Crippen molar-refractivity contribution in [1.82, 2.24) is 20.2 Å². The first kappa shape index (κ1) is 12.5. The lowest BCUT2D eigenvalue weighted by molar-refractivity contribution is 0.324. The highest BCUT2D eigenvalue weighted by Crippen LogP contribution is 2.39. The summed E-state index contributed by atoms with van der Waals surface area (Å²) >= 11 is 4.15. The molecule has 2 aromatic rings. The highest BCUT2D eigenvalue weighted by molar-refractivity contribution is 7.80.